The standard InChI is InChI=1S/C33H38N2/c1-25-13-7-10-18-29(25)21-32(34-23-28-16-5-4-6-17-28)33(22-30-19-11-8-14-26(30)2)35-24-31-20-12-9-15-27(31)3/h4-20,32-35H,21-24H2,1-3H3. The zero-order valence-corrected chi connectivity index (χ0v) is 21.3. The summed E-state index contributed by atoms with van der Waals surface area (Å²) in [4.78, 5) is 0. The van der Waals surface area contributed by atoms with Crippen LogP contribution in [0.5, 0.6) is 0 Å². The van der Waals surface area contributed by atoms with Crippen LogP contribution in [0.3, 0.4) is 0 Å². The molecule has 0 aliphatic heterocycles. The smallest absolute Gasteiger partial charge is 0.0268 e. The number of hydrogen-bond donors (Lipinski definition) is 2. The Bertz CT molecular complexity index is 1200. The summed E-state index contributed by atoms with van der Waals surface area (Å²) in [6, 6.07) is 37.6. The van der Waals surface area contributed by atoms with Crippen molar-refractivity contribution in [2.24, 2.45) is 0 Å². The number of hydrogen-bond acceptors (Lipinski definition) is 2. The molecule has 0 heterocycles. The van der Waals surface area contributed by atoms with Crippen molar-refractivity contribution in [2.75, 3.05) is 0 Å². The molecule has 2 atom stereocenters. The molecule has 0 fully saturated rings. The molecule has 0 aliphatic rings. The maximum absolute atomic E-state index is 3.97. The quantitative estimate of drug-likeness (QED) is 0.259. The maximum Gasteiger partial charge on any atom is 0.0268 e. The second-order valence-electron chi connectivity index (χ2n) is 9.65. The summed E-state index contributed by atoms with van der Waals surface area (Å²) >= 11 is 0. The summed E-state index contributed by atoms with van der Waals surface area (Å²) in [5.41, 5.74) is 9.54. The molecule has 0 saturated heterocycles. The Balaban J connectivity index is 1.62. The largest absolute Gasteiger partial charge is 0.308 e. The van der Waals surface area contributed by atoms with Gasteiger partial charge >= 0.3 is 0 Å². The van der Waals surface area contributed by atoms with Crippen molar-refractivity contribution in [1.29, 1.82) is 0 Å². The molecule has 0 spiro atoms. The van der Waals surface area contributed by atoms with Crippen LogP contribution in [0.25, 0.3) is 0 Å². The van der Waals surface area contributed by atoms with Gasteiger partial charge in [-0.3, -0.25) is 0 Å². The summed E-state index contributed by atoms with van der Waals surface area (Å²) in [6.45, 7) is 8.36. The Morgan fingerprint density at radius 3 is 1.34 bits per heavy atom. The highest BCUT2D eigenvalue weighted by Gasteiger charge is 2.23. The topological polar surface area (TPSA) is 24.1 Å². The van der Waals surface area contributed by atoms with Crippen LogP contribution in [0.15, 0.2) is 103 Å². The molecule has 0 saturated carbocycles. The molecule has 0 amide bonds. The van der Waals surface area contributed by atoms with Crippen LogP contribution in [0.1, 0.15) is 38.9 Å². The van der Waals surface area contributed by atoms with Gasteiger partial charge in [0.05, 0.1) is 0 Å². The predicted octanol–water partition coefficient (Wildman–Crippen LogP) is 6.71. The summed E-state index contributed by atoms with van der Waals surface area (Å²) in [6.07, 6.45) is 1.97. The zero-order valence-electron chi connectivity index (χ0n) is 21.3. The Morgan fingerprint density at radius 2 is 0.857 bits per heavy atom. The molecule has 0 bridgehead atoms. The van der Waals surface area contributed by atoms with Crippen LogP contribution in [0, 0.1) is 20.8 Å². The van der Waals surface area contributed by atoms with Crippen LogP contribution in [0.2, 0.25) is 0 Å². The minimum atomic E-state index is 0.277. The average molecular weight is 463 g/mol. The van der Waals surface area contributed by atoms with Gasteiger partial charge in [0.25, 0.3) is 0 Å². The van der Waals surface area contributed by atoms with Gasteiger partial charge in [0.1, 0.15) is 0 Å². The Labute approximate surface area is 211 Å². The highest BCUT2D eigenvalue weighted by atomic mass is 15.0. The van der Waals surface area contributed by atoms with Crippen molar-refractivity contribution in [3.05, 3.63) is 142 Å². The van der Waals surface area contributed by atoms with Crippen LogP contribution in [0.4, 0.5) is 0 Å². The van der Waals surface area contributed by atoms with E-state index in [1.54, 1.807) is 0 Å². The number of aryl methyl sites for hydroxylation is 3. The van der Waals surface area contributed by atoms with Crippen LogP contribution < -0.4 is 10.6 Å². The minimum Gasteiger partial charge on any atom is -0.308 e. The highest BCUT2D eigenvalue weighted by molar-refractivity contribution is 5.30. The third-order valence-electron chi connectivity index (χ3n) is 7.12. The SMILES string of the molecule is Cc1ccccc1CNC(Cc1ccccc1C)C(Cc1ccccc1C)NCc1ccccc1. The van der Waals surface area contributed by atoms with E-state index in [9.17, 15) is 0 Å². The lowest BCUT2D eigenvalue weighted by molar-refractivity contribution is 0.358. The lowest BCUT2D eigenvalue weighted by atomic mass is 9.90. The average Bonchev–Trinajstić information content (AvgIpc) is 2.88. The Morgan fingerprint density at radius 1 is 0.457 bits per heavy atom. The van der Waals surface area contributed by atoms with Gasteiger partial charge in [0.15, 0.2) is 0 Å². The van der Waals surface area contributed by atoms with Gasteiger partial charge in [0, 0.05) is 25.2 Å². The van der Waals surface area contributed by atoms with Crippen molar-refractivity contribution < 1.29 is 0 Å². The second-order valence-corrected chi connectivity index (χ2v) is 9.65. The molecule has 0 aromatic heterocycles. The van der Waals surface area contributed by atoms with E-state index in [2.05, 4.69) is 135 Å². The van der Waals surface area contributed by atoms with E-state index in [-0.39, 0.29) is 12.1 Å². The Hall–Kier alpha value is -3.20. The first-order valence-electron chi connectivity index (χ1n) is 12.7. The third-order valence-corrected chi connectivity index (χ3v) is 7.12. The molecule has 180 valence electrons. The summed E-state index contributed by atoms with van der Waals surface area (Å²) < 4.78 is 0. The highest BCUT2D eigenvalue weighted by Crippen LogP contribution is 2.18. The van der Waals surface area contributed by atoms with Gasteiger partial charge in [-0.15, -0.1) is 0 Å². The van der Waals surface area contributed by atoms with Crippen LogP contribution in [-0.4, -0.2) is 12.1 Å². The van der Waals surface area contributed by atoms with Crippen molar-refractivity contribution in [3.63, 3.8) is 0 Å². The molecule has 0 radical (unpaired) electrons. The first-order chi connectivity index (χ1) is 17.1. The normalized spacial score (nSPS) is 12.9. The van der Waals surface area contributed by atoms with E-state index in [0.29, 0.717) is 0 Å². The summed E-state index contributed by atoms with van der Waals surface area (Å²) in [5.74, 6) is 0. The van der Waals surface area contributed by atoms with Gasteiger partial charge in [-0.2, -0.15) is 0 Å². The molecule has 2 nitrogen and oxygen atoms in total. The lowest BCUT2D eigenvalue weighted by Gasteiger charge is -2.31. The zero-order chi connectivity index (χ0) is 24.5. The number of nitrogens with one attached hydrogen (secondary N) is 2. The molecule has 2 N–H and O–H groups in total. The van der Waals surface area contributed by atoms with Crippen molar-refractivity contribution >= 4 is 0 Å². The number of rotatable bonds is 11. The predicted molar refractivity (Wildman–Crippen MR) is 149 cm³/mol. The van der Waals surface area contributed by atoms with Gasteiger partial charge in [-0.05, 0) is 72.6 Å². The molecule has 0 aliphatic carbocycles. The molecule has 4 rings (SSSR count). The van der Waals surface area contributed by atoms with Crippen molar-refractivity contribution in [1.82, 2.24) is 10.6 Å². The van der Waals surface area contributed by atoms with Gasteiger partial charge in [-0.25, -0.2) is 0 Å². The fraction of sp³-hybridized carbons (Fsp3) is 0.273. The van der Waals surface area contributed by atoms with E-state index in [1.165, 1.54) is 38.9 Å². The fourth-order valence-corrected chi connectivity index (χ4v) is 4.76. The van der Waals surface area contributed by atoms with E-state index < -0.39 is 0 Å². The molecule has 4 aromatic rings. The lowest BCUT2D eigenvalue weighted by Crippen LogP contribution is -2.50. The molecular weight excluding hydrogens is 424 g/mol. The molecule has 35 heavy (non-hydrogen) atoms. The van der Waals surface area contributed by atoms with Crippen molar-refractivity contribution in [3.8, 4) is 0 Å². The van der Waals surface area contributed by atoms with Gasteiger partial charge < -0.3 is 10.6 Å². The minimum absolute atomic E-state index is 0.277. The van der Waals surface area contributed by atoms with Gasteiger partial charge in [-0.1, -0.05) is 103 Å². The van der Waals surface area contributed by atoms with E-state index in [0.717, 1.165) is 25.9 Å². The second kappa shape index (κ2) is 12.5. The van der Waals surface area contributed by atoms with Crippen LogP contribution >= 0.6 is 0 Å². The first-order valence-corrected chi connectivity index (χ1v) is 12.7. The molecule has 4 aromatic carbocycles. The molecular formula is C33H38N2. The fourth-order valence-electron chi connectivity index (χ4n) is 4.76. The first kappa shape index (κ1) is 24.9. The summed E-state index contributed by atoms with van der Waals surface area (Å²) in [7, 11) is 0. The van der Waals surface area contributed by atoms with E-state index in [4.69, 9.17) is 0 Å². The van der Waals surface area contributed by atoms with E-state index in [1.807, 2.05) is 0 Å². The molecule has 2 unspecified atom stereocenters. The maximum atomic E-state index is 3.97. The molecule has 2 heteroatoms. The Kier molecular flexibility index (Phi) is 8.89. The van der Waals surface area contributed by atoms with Crippen molar-refractivity contribution in [2.45, 2.75) is 58.8 Å². The number of benzene rings is 4. The monoisotopic (exact) mass is 462 g/mol. The van der Waals surface area contributed by atoms with Crippen LogP contribution in [-0.2, 0) is 25.9 Å². The van der Waals surface area contributed by atoms with E-state index >= 15 is 0 Å². The summed E-state index contributed by atoms with van der Waals surface area (Å²) in [5, 5.41) is 7.91. The third kappa shape index (κ3) is 7.14. The van der Waals surface area contributed by atoms with Gasteiger partial charge in [0.2, 0.25) is 0 Å².